The lowest BCUT2D eigenvalue weighted by Crippen LogP contribution is -2.28. The Hall–Kier alpha value is -2.52. The molecule has 0 aromatic carbocycles. The number of carbonyl (C=O) groups is 2. The molecule has 0 fully saturated rings. The van der Waals surface area contributed by atoms with E-state index in [0.717, 1.165) is 59.4 Å². The first-order valence-corrected chi connectivity index (χ1v) is 12.1. The number of ether oxygens (including phenoxy) is 1. The fourth-order valence-electron chi connectivity index (χ4n) is 4.61. The van der Waals surface area contributed by atoms with Crippen LogP contribution >= 0.6 is 22.7 Å². The zero-order chi connectivity index (χ0) is 21.7. The predicted octanol–water partition coefficient (Wildman–Crippen LogP) is 3.56. The summed E-state index contributed by atoms with van der Waals surface area (Å²) in [6.45, 7) is 2.08. The number of anilines is 1. The van der Waals surface area contributed by atoms with Gasteiger partial charge in [-0.25, -0.2) is 9.78 Å². The van der Waals surface area contributed by atoms with Gasteiger partial charge < -0.3 is 10.1 Å². The molecule has 162 valence electrons. The normalized spacial score (nSPS) is 17.4. The quantitative estimate of drug-likeness (QED) is 0.605. The number of carbonyl (C=O) groups excluding carboxylic acids is 2. The first-order valence-electron chi connectivity index (χ1n) is 10.5. The number of hydrogen-bond donors (Lipinski definition) is 1. The smallest absolute Gasteiger partial charge is 0.341 e. The fraction of sp³-hybridized carbons (Fsp3) is 0.455. The Morgan fingerprint density at radius 3 is 2.87 bits per heavy atom. The van der Waals surface area contributed by atoms with Crippen LogP contribution in [0.4, 0.5) is 5.00 Å². The van der Waals surface area contributed by atoms with Gasteiger partial charge in [0.05, 0.1) is 24.4 Å². The minimum atomic E-state index is -0.436. The molecule has 0 aliphatic heterocycles. The van der Waals surface area contributed by atoms with Crippen LogP contribution in [-0.2, 0) is 41.8 Å². The SMILES string of the molecule is COC(=O)c1c(NC(=O)Cn2cnc3sc4c(c3c2=O)CC[C@@H](C)C4)sc2c1CCC2. The molecular weight excluding hydrogens is 434 g/mol. The second-order valence-electron chi connectivity index (χ2n) is 8.31. The van der Waals surface area contributed by atoms with Crippen LogP contribution < -0.4 is 10.9 Å². The van der Waals surface area contributed by atoms with Gasteiger partial charge in [-0.3, -0.25) is 14.2 Å². The number of nitrogens with one attached hydrogen (secondary N) is 1. The molecule has 1 atom stereocenters. The number of thiophene rings is 2. The standard InChI is InChI=1S/C22H23N3O4S2/c1-11-6-7-13-15(8-11)31-19-17(13)21(27)25(10-23-19)9-16(26)24-20-18(22(28)29-2)12-4-3-5-14(12)30-20/h10-11H,3-9H2,1-2H3,(H,24,26)/t11-/m1/s1. The maximum atomic E-state index is 13.1. The summed E-state index contributed by atoms with van der Waals surface area (Å²) in [6, 6.07) is 0. The van der Waals surface area contributed by atoms with Gasteiger partial charge in [0.1, 0.15) is 16.4 Å². The molecule has 0 unspecified atom stereocenters. The average molecular weight is 458 g/mol. The van der Waals surface area contributed by atoms with Crippen LogP contribution in [0.5, 0.6) is 0 Å². The lowest BCUT2D eigenvalue weighted by atomic mass is 9.89. The van der Waals surface area contributed by atoms with E-state index >= 15 is 0 Å². The van der Waals surface area contributed by atoms with Gasteiger partial charge >= 0.3 is 5.97 Å². The molecule has 0 saturated carbocycles. The number of amides is 1. The maximum Gasteiger partial charge on any atom is 0.341 e. The van der Waals surface area contributed by atoms with Crippen molar-refractivity contribution in [3.63, 3.8) is 0 Å². The first kappa shape index (κ1) is 20.4. The number of hydrogen-bond acceptors (Lipinski definition) is 7. The summed E-state index contributed by atoms with van der Waals surface area (Å²) in [4.78, 5) is 45.8. The molecule has 5 rings (SSSR count). The van der Waals surface area contributed by atoms with Gasteiger partial charge in [0.15, 0.2) is 0 Å². The van der Waals surface area contributed by atoms with Gasteiger partial charge in [-0.05, 0) is 55.6 Å². The molecular formula is C22H23N3O4S2. The van der Waals surface area contributed by atoms with E-state index in [1.54, 1.807) is 11.3 Å². The van der Waals surface area contributed by atoms with E-state index < -0.39 is 5.97 Å². The van der Waals surface area contributed by atoms with Crippen molar-refractivity contribution in [3.05, 3.63) is 43.1 Å². The van der Waals surface area contributed by atoms with Crippen LogP contribution in [0.3, 0.4) is 0 Å². The number of fused-ring (bicyclic) bond motifs is 4. The molecule has 2 aliphatic carbocycles. The van der Waals surface area contributed by atoms with E-state index in [-0.39, 0.29) is 18.0 Å². The monoisotopic (exact) mass is 457 g/mol. The van der Waals surface area contributed by atoms with Crippen LogP contribution in [0.1, 0.15) is 51.0 Å². The second-order valence-corrected chi connectivity index (χ2v) is 10.5. The Bertz CT molecular complexity index is 1270. The summed E-state index contributed by atoms with van der Waals surface area (Å²) >= 11 is 3.02. The van der Waals surface area contributed by atoms with Crippen LogP contribution in [-0.4, -0.2) is 28.5 Å². The van der Waals surface area contributed by atoms with Crippen molar-refractivity contribution in [2.45, 2.75) is 52.0 Å². The molecule has 0 saturated heterocycles. The number of aromatic nitrogens is 2. The third kappa shape index (κ3) is 3.49. The lowest BCUT2D eigenvalue weighted by Gasteiger charge is -2.17. The summed E-state index contributed by atoms with van der Waals surface area (Å²) < 4.78 is 6.29. The van der Waals surface area contributed by atoms with Crippen molar-refractivity contribution >= 4 is 49.8 Å². The molecule has 0 radical (unpaired) electrons. The molecule has 3 aromatic rings. The molecule has 7 nitrogen and oxygen atoms in total. The zero-order valence-corrected chi connectivity index (χ0v) is 19.1. The van der Waals surface area contributed by atoms with Crippen LogP contribution in [0.15, 0.2) is 11.1 Å². The highest BCUT2D eigenvalue weighted by molar-refractivity contribution is 7.18. The summed E-state index contributed by atoms with van der Waals surface area (Å²) in [5, 5.41) is 4.00. The van der Waals surface area contributed by atoms with Crippen molar-refractivity contribution in [1.82, 2.24) is 9.55 Å². The number of aryl methyl sites for hydroxylation is 2. The molecule has 1 N–H and O–H groups in total. The molecule has 9 heteroatoms. The molecule has 1 amide bonds. The van der Waals surface area contributed by atoms with E-state index in [1.165, 1.54) is 34.2 Å². The third-order valence-corrected chi connectivity index (χ3v) is 8.53. The summed E-state index contributed by atoms with van der Waals surface area (Å²) in [5.41, 5.74) is 2.36. The highest BCUT2D eigenvalue weighted by Gasteiger charge is 2.28. The molecule has 3 heterocycles. The van der Waals surface area contributed by atoms with Crippen LogP contribution in [0, 0.1) is 5.92 Å². The fourth-order valence-corrected chi connectivity index (χ4v) is 7.24. The number of methoxy groups -OCH3 is 1. The molecule has 31 heavy (non-hydrogen) atoms. The number of esters is 1. The second kappa shape index (κ2) is 7.87. The van der Waals surface area contributed by atoms with Gasteiger partial charge in [-0.2, -0.15) is 0 Å². The summed E-state index contributed by atoms with van der Waals surface area (Å²) in [5.74, 6) is -0.176. The largest absolute Gasteiger partial charge is 0.465 e. The van der Waals surface area contributed by atoms with E-state index in [0.29, 0.717) is 21.9 Å². The van der Waals surface area contributed by atoms with Gasteiger partial charge in [0.2, 0.25) is 5.91 Å². The van der Waals surface area contributed by atoms with Crippen molar-refractivity contribution < 1.29 is 14.3 Å². The zero-order valence-electron chi connectivity index (χ0n) is 17.4. The highest BCUT2D eigenvalue weighted by Crippen LogP contribution is 2.39. The van der Waals surface area contributed by atoms with Gasteiger partial charge in [0, 0.05) is 9.75 Å². The minimum Gasteiger partial charge on any atom is -0.465 e. The first-order chi connectivity index (χ1) is 15.0. The summed E-state index contributed by atoms with van der Waals surface area (Å²) in [7, 11) is 1.34. The average Bonchev–Trinajstić information content (AvgIpc) is 3.41. The molecule has 2 aliphatic rings. The van der Waals surface area contributed by atoms with Crippen molar-refractivity contribution in [1.29, 1.82) is 0 Å². The number of nitrogens with zero attached hydrogens (tertiary/aromatic N) is 2. The maximum absolute atomic E-state index is 13.1. The summed E-state index contributed by atoms with van der Waals surface area (Å²) in [6.07, 6.45) is 7.10. The van der Waals surface area contributed by atoms with E-state index in [4.69, 9.17) is 4.74 Å². The van der Waals surface area contributed by atoms with Crippen LogP contribution in [0.25, 0.3) is 10.2 Å². The minimum absolute atomic E-state index is 0.147. The Morgan fingerprint density at radius 2 is 2.06 bits per heavy atom. The number of rotatable bonds is 4. The Kier molecular flexibility index (Phi) is 5.18. The third-order valence-electron chi connectivity index (χ3n) is 6.16. The van der Waals surface area contributed by atoms with Crippen molar-refractivity contribution in [3.8, 4) is 0 Å². The molecule has 0 bridgehead atoms. The molecule has 0 spiro atoms. The topological polar surface area (TPSA) is 90.3 Å². The lowest BCUT2D eigenvalue weighted by molar-refractivity contribution is -0.116. The predicted molar refractivity (Wildman–Crippen MR) is 121 cm³/mol. The molecule has 3 aromatic heterocycles. The van der Waals surface area contributed by atoms with E-state index in [1.807, 2.05) is 0 Å². The van der Waals surface area contributed by atoms with E-state index in [9.17, 15) is 14.4 Å². The van der Waals surface area contributed by atoms with Gasteiger partial charge in [0.25, 0.3) is 5.56 Å². The Labute approximate surface area is 187 Å². The Morgan fingerprint density at radius 1 is 1.23 bits per heavy atom. The van der Waals surface area contributed by atoms with Crippen molar-refractivity contribution in [2.75, 3.05) is 12.4 Å². The van der Waals surface area contributed by atoms with Gasteiger partial charge in [-0.15, -0.1) is 22.7 Å². The van der Waals surface area contributed by atoms with Crippen LogP contribution in [0.2, 0.25) is 0 Å². The van der Waals surface area contributed by atoms with Gasteiger partial charge in [-0.1, -0.05) is 6.92 Å². The highest BCUT2D eigenvalue weighted by atomic mass is 32.1. The van der Waals surface area contributed by atoms with Crippen molar-refractivity contribution in [2.24, 2.45) is 5.92 Å². The van der Waals surface area contributed by atoms with E-state index in [2.05, 4.69) is 17.2 Å². The Balaban J connectivity index is 1.42.